The molecule has 0 unspecified atom stereocenters. The minimum absolute atomic E-state index is 0. The number of phosphoric ester groups is 3. The van der Waals surface area contributed by atoms with E-state index in [1.54, 1.807) is 41.5 Å². The van der Waals surface area contributed by atoms with Gasteiger partial charge >= 0.3 is 23.5 Å². The van der Waals surface area contributed by atoms with Crippen molar-refractivity contribution in [2.75, 3.05) is 39.6 Å². The Balaban J connectivity index is -0.000000152. The Morgan fingerprint density at radius 1 is 0.464 bits per heavy atom. The van der Waals surface area contributed by atoms with Gasteiger partial charge in [-0.05, 0) is 41.5 Å². The fourth-order valence-corrected chi connectivity index (χ4v) is 3.27. The molecule has 0 aliphatic carbocycles. The van der Waals surface area contributed by atoms with Crippen LogP contribution < -0.4 is 0 Å². The second-order valence-electron chi connectivity index (χ2n) is 3.91. The summed E-state index contributed by atoms with van der Waals surface area (Å²) in [6, 6.07) is 0. The third kappa shape index (κ3) is 29.6. The molecule has 0 aromatic heterocycles. The normalized spacial score (nSPS) is 11.5. The van der Waals surface area contributed by atoms with Crippen LogP contribution in [0.4, 0.5) is 0 Å². The van der Waals surface area contributed by atoms with E-state index >= 15 is 0 Å². The molecule has 0 rings (SSSR count). The Hall–Kier alpha value is 1.43. The molecule has 0 aliphatic heterocycles. The summed E-state index contributed by atoms with van der Waals surface area (Å²) in [6.07, 6.45) is 0. The van der Waals surface area contributed by atoms with Crippen LogP contribution >= 0.6 is 23.5 Å². The largest absolute Gasteiger partial charge is 0.472 e. The van der Waals surface area contributed by atoms with Crippen molar-refractivity contribution < 1.29 is 88.2 Å². The van der Waals surface area contributed by atoms with E-state index < -0.39 is 23.5 Å². The Morgan fingerprint density at radius 2 is 0.571 bits per heavy atom. The summed E-state index contributed by atoms with van der Waals surface area (Å²) in [5.41, 5.74) is 0. The van der Waals surface area contributed by atoms with Gasteiger partial charge in [-0.1, -0.05) is 0 Å². The van der Waals surface area contributed by atoms with Crippen LogP contribution in [-0.4, -0.2) is 54.3 Å². The molecular formula is C12H33O12P3Y. The first-order chi connectivity index (χ1) is 12.4. The predicted octanol–water partition coefficient (Wildman–Crippen LogP) is 3.48. The van der Waals surface area contributed by atoms with Gasteiger partial charge in [0.15, 0.2) is 0 Å². The number of hydrogen-bond donors (Lipinski definition) is 3. The van der Waals surface area contributed by atoms with Crippen LogP contribution in [-0.2, 0) is 73.5 Å². The second-order valence-corrected chi connectivity index (χ2v) is 8.27. The summed E-state index contributed by atoms with van der Waals surface area (Å²) in [6.45, 7) is 10.9. The Labute approximate surface area is 192 Å². The van der Waals surface area contributed by atoms with Gasteiger partial charge in [0.25, 0.3) is 0 Å². The SMILES string of the molecule is CCOP(=O)(O)OCC.CCOP(=O)(O)OCC.CCOP(=O)(O)OCC.[Y]. The Morgan fingerprint density at radius 3 is 0.643 bits per heavy atom. The van der Waals surface area contributed by atoms with Gasteiger partial charge in [-0.2, -0.15) is 0 Å². The van der Waals surface area contributed by atoms with Crippen molar-refractivity contribution in [3.05, 3.63) is 0 Å². The number of phosphoric acid groups is 3. The summed E-state index contributed by atoms with van der Waals surface area (Å²) in [5, 5.41) is 0. The first-order valence-corrected chi connectivity index (χ1v) is 12.7. The maximum atomic E-state index is 10.5. The molecule has 28 heavy (non-hydrogen) atoms. The molecule has 1 radical (unpaired) electrons. The molecule has 12 nitrogen and oxygen atoms in total. The van der Waals surface area contributed by atoms with Crippen LogP contribution in [0.25, 0.3) is 0 Å². The van der Waals surface area contributed by atoms with E-state index in [1.807, 2.05) is 0 Å². The Kier molecular flexibility index (Phi) is 28.5. The molecule has 0 bridgehead atoms. The van der Waals surface area contributed by atoms with Crippen LogP contribution in [0.2, 0.25) is 0 Å². The van der Waals surface area contributed by atoms with Crippen LogP contribution in [0, 0.1) is 0 Å². The van der Waals surface area contributed by atoms with Crippen molar-refractivity contribution in [3.8, 4) is 0 Å². The third-order valence-electron chi connectivity index (χ3n) is 1.75. The first kappa shape index (κ1) is 36.8. The van der Waals surface area contributed by atoms with Gasteiger partial charge in [-0.15, -0.1) is 0 Å². The molecule has 0 aromatic carbocycles. The molecule has 0 heterocycles. The smallest absolute Gasteiger partial charge is 0.302 e. The van der Waals surface area contributed by atoms with Gasteiger partial charge in [0.1, 0.15) is 0 Å². The van der Waals surface area contributed by atoms with Crippen molar-refractivity contribution in [2.45, 2.75) is 41.5 Å². The van der Waals surface area contributed by atoms with Gasteiger partial charge in [-0.3, -0.25) is 27.1 Å². The summed E-state index contributed by atoms with van der Waals surface area (Å²) in [5.74, 6) is 0. The molecule has 0 fully saturated rings. The topological polar surface area (TPSA) is 167 Å². The van der Waals surface area contributed by atoms with E-state index in [4.69, 9.17) is 14.7 Å². The quantitative estimate of drug-likeness (QED) is 0.303. The van der Waals surface area contributed by atoms with E-state index in [0.29, 0.717) is 0 Å². The number of hydrogen-bond acceptors (Lipinski definition) is 9. The predicted molar refractivity (Wildman–Crippen MR) is 99.2 cm³/mol. The molecule has 0 saturated carbocycles. The van der Waals surface area contributed by atoms with Crippen molar-refractivity contribution in [3.63, 3.8) is 0 Å². The Bertz CT molecular complexity index is 382. The zero-order valence-electron chi connectivity index (χ0n) is 17.2. The van der Waals surface area contributed by atoms with E-state index in [9.17, 15) is 13.7 Å². The first-order valence-electron chi connectivity index (χ1n) is 8.22. The van der Waals surface area contributed by atoms with E-state index in [2.05, 4.69) is 27.1 Å². The fraction of sp³-hybridized carbons (Fsp3) is 1.00. The number of rotatable bonds is 12. The van der Waals surface area contributed by atoms with Gasteiger partial charge < -0.3 is 14.7 Å². The standard InChI is InChI=1S/3C4H11O4P.Y/c3*1-3-7-9(5,6)8-4-2;/h3*3-4H2,1-2H3,(H,5,6);. The summed E-state index contributed by atoms with van der Waals surface area (Å²) in [4.78, 5) is 25.9. The molecule has 0 aromatic rings. The van der Waals surface area contributed by atoms with Gasteiger partial charge in [0.05, 0.1) is 39.6 Å². The zero-order valence-corrected chi connectivity index (χ0v) is 22.7. The molecule has 0 spiro atoms. The average Bonchev–Trinajstić information content (AvgIpc) is 2.47. The molecule has 16 heteroatoms. The minimum atomic E-state index is -3.69. The molecule has 3 N–H and O–H groups in total. The maximum Gasteiger partial charge on any atom is 0.472 e. The summed E-state index contributed by atoms with van der Waals surface area (Å²) in [7, 11) is -11.1. The van der Waals surface area contributed by atoms with Gasteiger partial charge in [-0.25, -0.2) is 13.7 Å². The zero-order chi connectivity index (χ0) is 22.0. The van der Waals surface area contributed by atoms with Crippen LogP contribution in [0.3, 0.4) is 0 Å². The molecular weight excluding hydrogens is 518 g/mol. The van der Waals surface area contributed by atoms with Crippen LogP contribution in [0.1, 0.15) is 41.5 Å². The molecule has 0 atom stereocenters. The van der Waals surface area contributed by atoms with E-state index in [1.165, 1.54) is 0 Å². The summed E-state index contributed by atoms with van der Waals surface area (Å²) < 4.78 is 57.7. The van der Waals surface area contributed by atoms with Crippen molar-refractivity contribution in [1.82, 2.24) is 0 Å². The fourth-order valence-electron chi connectivity index (χ4n) is 1.09. The summed E-state index contributed by atoms with van der Waals surface area (Å²) >= 11 is 0. The molecule has 0 saturated heterocycles. The third-order valence-corrected chi connectivity index (χ3v) is 5.26. The average molecular weight is 551 g/mol. The molecule has 0 amide bonds. The van der Waals surface area contributed by atoms with E-state index in [0.717, 1.165) is 0 Å². The van der Waals surface area contributed by atoms with E-state index in [-0.39, 0.29) is 72.4 Å². The van der Waals surface area contributed by atoms with Crippen molar-refractivity contribution in [2.24, 2.45) is 0 Å². The monoisotopic (exact) mass is 551 g/mol. The van der Waals surface area contributed by atoms with Crippen LogP contribution in [0.15, 0.2) is 0 Å². The van der Waals surface area contributed by atoms with Crippen molar-refractivity contribution in [1.29, 1.82) is 0 Å². The van der Waals surface area contributed by atoms with Crippen molar-refractivity contribution >= 4 is 23.5 Å². The second kappa shape index (κ2) is 21.7. The molecule has 0 aliphatic rings. The maximum absolute atomic E-state index is 10.5. The van der Waals surface area contributed by atoms with Gasteiger partial charge in [0, 0.05) is 32.7 Å². The van der Waals surface area contributed by atoms with Gasteiger partial charge in [0.2, 0.25) is 0 Å². The molecule has 171 valence electrons. The van der Waals surface area contributed by atoms with Crippen LogP contribution in [0.5, 0.6) is 0 Å². The minimum Gasteiger partial charge on any atom is -0.302 e.